The molecule has 0 saturated heterocycles. The van der Waals surface area contributed by atoms with Crippen molar-refractivity contribution in [2.45, 2.75) is 65.8 Å². The molecule has 0 unspecified atom stereocenters. The smallest absolute Gasteiger partial charge is 0.0173 e. The molecule has 116 valence electrons. The van der Waals surface area contributed by atoms with E-state index in [-0.39, 0.29) is 0 Å². The Bertz CT molecular complexity index is 458. The third-order valence-electron chi connectivity index (χ3n) is 4.72. The maximum absolute atomic E-state index is 3.63. The minimum Gasteiger partial charge on any atom is -0.311 e. The third-order valence-corrected chi connectivity index (χ3v) is 4.72. The Kier molecular flexibility index (Phi) is 6.05. The molecule has 2 rings (SSSR count). The van der Waals surface area contributed by atoms with Crippen LogP contribution in [0.5, 0.6) is 0 Å². The summed E-state index contributed by atoms with van der Waals surface area (Å²) < 4.78 is 0. The van der Waals surface area contributed by atoms with E-state index in [1.165, 1.54) is 48.8 Å². The van der Waals surface area contributed by atoms with Gasteiger partial charge in [-0.05, 0) is 49.3 Å². The second-order valence-corrected chi connectivity index (χ2v) is 6.90. The Balaban J connectivity index is 2.26. The lowest BCUT2D eigenvalue weighted by molar-refractivity contribution is 0.394. The summed E-state index contributed by atoms with van der Waals surface area (Å²) in [7, 11) is 0. The van der Waals surface area contributed by atoms with Gasteiger partial charge in [0.1, 0.15) is 0 Å². The van der Waals surface area contributed by atoms with Crippen LogP contribution in [0.15, 0.2) is 23.8 Å². The number of benzene rings is 1. The van der Waals surface area contributed by atoms with Crippen molar-refractivity contribution < 1.29 is 0 Å². The van der Waals surface area contributed by atoms with Crippen LogP contribution < -0.4 is 5.32 Å². The van der Waals surface area contributed by atoms with Gasteiger partial charge in [0, 0.05) is 12.6 Å². The normalized spacial score (nSPS) is 17.5. The average Bonchev–Trinajstić information content (AvgIpc) is 2.47. The molecule has 0 aromatic heterocycles. The van der Waals surface area contributed by atoms with Crippen molar-refractivity contribution in [3.8, 4) is 0 Å². The summed E-state index contributed by atoms with van der Waals surface area (Å²) in [5.41, 5.74) is 5.84. The first kappa shape index (κ1) is 16.3. The summed E-state index contributed by atoms with van der Waals surface area (Å²) in [6.07, 6.45) is 9.45. The van der Waals surface area contributed by atoms with Gasteiger partial charge < -0.3 is 5.32 Å². The van der Waals surface area contributed by atoms with Crippen molar-refractivity contribution in [1.82, 2.24) is 5.32 Å². The molecule has 0 heterocycles. The summed E-state index contributed by atoms with van der Waals surface area (Å²) in [5, 5.41) is 3.63. The van der Waals surface area contributed by atoms with Crippen molar-refractivity contribution in [3.63, 3.8) is 0 Å². The lowest BCUT2D eigenvalue weighted by Gasteiger charge is -2.26. The van der Waals surface area contributed by atoms with Crippen molar-refractivity contribution in [2.24, 2.45) is 5.92 Å². The maximum atomic E-state index is 3.63. The molecule has 0 aliphatic heterocycles. The van der Waals surface area contributed by atoms with E-state index in [1.807, 2.05) is 0 Å². The molecule has 1 saturated carbocycles. The molecule has 1 nitrogen and oxygen atoms in total. The highest BCUT2D eigenvalue weighted by molar-refractivity contribution is 5.60. The lowest BCUT2D eigenvalue weighted by Crippen LogP contribution is -2.28. The molecule has 21 heavy (non-hydrogen) atoms. The molecular weight excluding hydrogens is 254 g/mol. The first-order chi connectivity index (χ1) is 10.1. The molecule has 0 bridgehead atoms. The van der Waals surface area contributed by atoms with E-state index in [2.05, 4.69) is 57.3 Å². The number of aryl methyl sites for hydroxylation is 2. The predicted octanol–water partition coefficient (Wildman–Crippen LogP) is 5.27. The second-order valence-electron chi connectivity index (χ2n) is 6.90. The standard InChI is InChI=1S/C20H31N/c1-15(2)21-14-19(18-11-6-5-7-12-18)13-20-16(3)9-8-10-17(20)4/h8-10,13,15,18,21H,5-7,11-12,14H2,1-4H3/b19-13-. The van der Waals surface area contributed by atoms with Crippen LogP contribution in [0.2, 0.25) is 0 Å². The number of hydrogen-bond acceptors (Lipinski definition) is 1. The number of nitrogens with one attached hydrogen (secondary N) is 1. The van der Waals surface area contributed by atoms with Gasteiger partial charge in [0.15, 0.2) is 0 Å². The fourth-order valence-electron chi connectivity index (χ4n) is 3.35. The Labute approximate surface area is 130 Å². The first-order valence-corrected chi connectivity index (χ1v) is 8.58. The predicted molar refractivity (Wildman–Crippen MR) is 93.6 cm³/mol. The Morgan fingerprint density at radius 3 is 2.33 bits per heavy atom. The number of hydrogen-bond donors (Lipinski definition) is 1. The van der Waals surface area contributed by atoms with Gasteiger partial charge in [-0.2, -0.15) is 0 Å². The van der Waals surface area contributed by atoms with Crippen molar-refractivity contribution in [3.05, 3.63) is 40.5 Å². The van der Waals surface area contributed by atoms with Gasteiger partial charge in [0.05, 0.1) is 0 Å². The summed E-state index contributed by atoms with van der Waals surface area (Å²) in [6.45, 7) is 9.96. The fourth-order valence-corrected chi connectivity index (χ4v) is 3.35. The molecular formula is C20H31N. The van der Waals surface area contributed by atoms with E-state index in [0.717, 1.165) is 12.5 Å². The van der Waals surface area contributed by atoms with Crippen LogP contribution in [0.25, 0.3) is 6.08 Å². The molecule has 1 aliphatic rings. The average molecular weight is 285 g/mol. The largest absolute Gasteiger partial charge is 0.311 e. The third kappa shape index (κ3) is 4.71. The van der Waals surface area contributed by atoms with Gasteiger partial charge in [0.2, 0.25) is 0 Å². The van der Waals surface area contributed by atoms with Crippen LogP contribution in [0.4, 0.5) is 0 Å². The molecule has 1 fully saturated rings. The summed E-state index contributed by atoms with van der Waals surface area (Å²) in [4.78, 5) is 0. The molecule has 0 radical (unpaired) electrons. The second kappa shape index (κ2) is 7.79. The van der Waals surface area contributed by atoms with Crippen LogP contribution in [-0.4, -0.2) is 12.6 Å². The van der Waals surface area contributed by atoms with E-state index in [4.69, 9.17) is 0 Å². The minimum absolute atomic E-state index is 0.551. The highest BCUT2D eigenvalue weighted by Crippen LogP contribution is 2.31. The van der Waals surface area contributed by atoms with Crippen LogP contribution >= 0.6 is 0 Å². The first-order valence-electron chi connectivity index (χ1n) is 8.58. The Morgan fingerprint density at radius 1 is 1.14 bits per heavy atom. The monoisotopic (exact) mass is 285 g/mol. The molecule has 1 aliphatic carbocycles. The van der Waals surface area contributed by atoms with Gasteiger partial charge in [0.25, 0.3) is 0 Å². The molecule has 0 spiro atoms. The highest BCUT2D eigenvalue weighted by atomic mass is 14.9. The fraction of sp³-hybridized carbons (Fsp3) is 0.600. The van der Waals surface area contributed by atoms with Gasteiger partial charge >= 0.3 is 0 Å². The van der Waals surface area contributed by atoms with Crippen molar-refractivity contribution in [1.29, 1.82) is 0 Å². The van der Waals surface area contributed by atoms with E-state index in [0.29, 0.717) is 6.04 Å². The molecule has 1 heteroatoms. The van der Waals surface area contributed by atoms with Crippen LogP contribution in [-0.2, 0) is 0 Å². The van der Waals surface area contributed by atoms with Crippen LogP contribution in [0.3, 0.4) is 0 Å². The maximum Gasteiger partial charge on any atom is 0.0173 e. The quantitative estimate of drug-likeness (QED) is 0.777. The summed E-state index contributed by atoms with van der Waals surface area (Å²) >= 11 is 0. The minimum atomic E-state index is 0.551. The Morgan fingerprint density at radius 2 is 1.76 bits per heavy atom. The number of rotatable bonds is 5. The van der Waals surface area contributed by atoms with E-state index >= 15 is 0 Å². The van der Waals surface area contributed by atoms with Crippen LogP contribution in [0.1, 0.15) is 62.6 Å². The van der Waals surface area contributed by atoms with Gasteiger partial charge in [-0.15, -0.1) is 0 Å². The Hall–Kier alpha value is -1.08. The van der Waals surface area contributed by atoms with Crippen molar-refractivity contribution >= 4 is 6.08 Å². The lowest BCUT2D eigenvalue weighted by atomic mass is 9.82. The van der Waals surface area contributed by atoms with Crippen molar-refractivity contribution in [2.75, 3.05) is 6.54 Å². The zero-order chi connectivity index (χ0) is 15.2. The topological polar surface area (TPSA) is 12.0 Å². The SMILES string of the molecule is Cc1cccc(C)c1/C=C(/CNC(C)C)C1CCCCC1. The molecule has 0 atom stereocenters. The summed E-state index contributed by atoms with van der Waals surface area (Å²) in [6, 6.07) is 7.17. The molecule has 0 amide bonds. The van der Waals surface area contributed by atoms with Gasteiger partial charge in [-0.1, -0.05) is 63.0 Å². The molecule has 1 aromatic rings. The summed E-state index contributed by atoms with van der Waals surface area (Å²) in [5.74, 6) is 0.781. The van der Waals surface area contributed by atoms with E-state index in [1.54, 1.807) is 5.57 Å². The molecule has 1 aromatic carbocycles. The highest BCUT2D eigenvalue weighted by Gasteiger charge is 2.18. The molecule has 1 N–H and O–H groups in total. The van der Waals surface area contributed by atoms with Gasteiger partial charge in [-0.3, -0.25) is 0 Å². The van der Waals surface area contributed by atoms with Gasteiger partial charge in [-0.25, -0.2) is 0 Å². The zero-order valence-electron chi connectivity index (χ0n) is 14.2. The van der Waals surface area contributed by atoms with E-state index in [9.17, 15) is 0 Å². The zero-order valence-corrected chi connectivity index (χ0v) is 14.2. The van der Waals surface area contributed by atoms with Crippen LogP contribution in [0, 0.1) is 19.8 Å². The van der Waals surface area contributed by atoms with E-state index < -0.39 is 0 Å².